The maximum absolute atomic E-state index is 14.3. The van der Waals surface area contributed by atoms with Gasteiger partial charge in [-0.15, -0.1) is 5.10 Å². The van der Waals surface area contributed by atoms with Gasteiger partial charge in [-0.3, -0.25) is 4.79 Å². The topological polar surface area (TPSA) is 60.2 Å². The van der Waals surface area contributed by atoms with Crippen molar-refractivity contribution < 1.29 is 22.7 Å². The Balaban J connectivity index is 1.53. The molecule has 2 aromatic rings. The van der Waals surface area contributed by atoms with Crippen LogP contribution >= 0.6 is 0 Å². The van der Waals surface area contributed by atoms with Crippen LogP contribution in [0.25, 0.3) is 0 Å². The summed E-state index contributed by atoms with van der Waals surface area (Å²) in [6, 6.07) is 0.498. The second kappa shape index (κ2) is 6.30. The summed E-state index contributed by atoms with van der Waals surface area (Å²) in [5, 5.41) is 8.27. The van der Waals surface area contributed by atoms with E-state index in [9.17, 15) is 18.0 Å². The van der Waals surface area contributed by atoms with E-state index in [1.54, 1.807) is 4.68 Å². The molecule has 26 heavy (non-hydrogen) atoms. The summed E-state index contributed by atoms with van der Waals surface area (Å²) < 4.78 is 47.8. The van der Waals surface area contributed by atoms with E-state index in [4.69, 9.17) is 0 Å². The molecule has 0 radical (unpaired) electrons. The monoisotopic (exact) mass is 366 g/mol. The zero-order valence-corrected chi connectivity index (χ0v) is 14.1. The fourth-order valence-corrected chi connectivity index (χ4v) is 3.26. The van der Waals surface area contributed by atoms with Crippen molar-refractivity contribution >= 4 is 5.91 Å². The predicted molar refractivity (Wildman–Crippen MR) is 84.4 cm³/mol. The summed E-state index contributed by atoms with van der Waals surface area (Å²) in [5.74, 6) is -5.09. The van der Waals surface area contributed by atoms with Gasteiger partial charge < -0.3 is 9.64 Å². The second-order valence-electron chi connectivity index (χ2n) is 6.66. The van der Waals surface area contributed by atoms with Crippen LogP contribution in [0.5, 0.6) is 5.75 Å². The zero-order valence-electron chi connectivity index (χ0n) is 14.1. The minimum absolute atomic E-state index is 0.0748. The molecule has 2 aliphatic rings. The van der Waals surface area contributed by atoms with Crippen molar-refractivity contribution in [3.63, 3.8) is 0 Å². The van der Waals surface area contributed by atoms with Gasteiger partial charge in [0.25, 0.3) is 5.91 Å². The summed E-state index contributed by atoms with van der Waals surface area (Å²) in [6.07, 6.45) is 4.75. The van der Waals surface area contributed by atoms with Gasteiger partial charge in [0.1, 0.15) is 0 Å². The van der Waals surface area contributed by atoms with Gasteiger partial charge in [-0.2, -0.15) is 4.39 Å². The Bertz CT molecular complexity index is 866. The lowest BCUT2D eigenvalue weighted by molar-refractivity contribution is 0.0780. The number of aromatic nitrogens is 3. The first-order valence-corrected chi connectivity index (χ1v) is 8.42. The number of methoxy groups -OCH3 is 1. The highest BCUT2D eigenvalue weighted by atomic mass is 19.2. The standard InChI is InChI=1S/C17H17F3N4O2/c1-26-16-14(19)11(6-12(18)15(16)20)17(25)23-5-4-10(7-23)24-8-13(21-22-24)9-2-3-9/h6,8-10H,2-5,7H2,1H3. The van der Waals surface area contributed by atoms with Gasteiger partial charge in [0.15, 0.2) is 17.4 Å². The number of carbonyl (C=O) groups is 1. The molecule has 1 saturated carbocycles. The highest BCUT2D eigenvalue weighted by Crippen LogP contribution is 2.39. The maximum Gasteiger partial charge on any atom is 0.257 e. The summed E-state index contributed by atoms with van der Waals surface area (Å²) in [4.78, 5) is 14.0. The van der Waals surface area contributed by atoms with Crippen LogP contribution in [0.3, 0.4) is 0 Å². The molecule has 9 heteroatoms. The van der Waals surface area contributed by atoms with E-state index in [-0.39, 0.29) is 6.04 Å². The summed E-state index contributed by atoms with van der Waals surface area (Å²) >= 11 is 0. The van der Waals surface area contributed by atoms with Gasteiger partial charge in [0.2, 0.25) is 5.82 Å². The van der Waals surface area contributed by atoms with Crippen LogP contribution in [0.4, 0.5) is 13.2 Å². The molecule has 0 spiro atoms. The molecule has 1 atom stereocenters. The van der Waals surface area contributed by atoms with E-state index in [2.05, 4.69) is 15.0 Å². The first-order valence-electron chi connectivity index (χ1n) is 8.42. The third-order valence-corrected chi connectivity index (χ3v) is 4.90. The van der Waals surface area contributed by atoms with Gasteiger partial charge in [-0.25, -0.2) is 13.5 Å². The average Bonchev–Trinajstić information content (AvgIpc) is 3.17. The highest BCUT2D eigenvalue weighted by Gasteiger charge is 2.33. The minimum atomic E-state index is -1.45. The largest absolute Gasteiger partial charge is 0.491 e. The quantitative estimate of drug-likeness (QED) is 0.781. The van der Waals surface area contributed by atoms with Crippen LogP contribution in [0.15, 0.2) is 12.3 Å². The van der Waals surface area contributed by atoms with Gasteiger partial charge in [0, 0.05) is 25.2 Å². The number of rotatable bonds is 4. The Morgan fingerprint density at radius 2 is 2.00 bits per heavy atom. The first kappa shape index (κ1) is 16.9. The van der Waals surface area contributed by atoms with Gasteiger partial charge in [-0.05, 0) is 25.3 Å². The third-order valence-electron chi connectivity index (χ3n) is 4.90. The van der Waals surface area contributed by atoms with Crippen molar-refractivity contribution in [2.75, 3.05) is 20.2 Å². The number of halogens is 3. The number of benzene rings is 1. The normalized spacial score (nSPS) is 19.8. The van der Waals surface area contributed by atoms with Gasteiger partial charge in [0.05, 0.1) is 24.4 Å². The SMILES string of the molecule is COc1c(F)c(F)cc(C(=O)N2CCC(n3cc(C4CC4)nn3)C2)c1F. The Labute approximate surface area is 147 Å². The molecule has 1 unspecified atom stereocenters. The minimum Gasteiger partial charge on any atom is -0.491 e. The van der Waals surface area contributed by atoms with Crippen molar-refractivity contribution in [2.45, 2.75) is 31.2 Å². The summed E-state index contributed by atoms with van der Waals surface area (Å²) in [7, 11) is 1.02. The molecule has 2 heterocycles. The van der Waals surface area contributed by atoms with Crippen LogP contribution in [0, 0.1) is 17.5 Å². The molecule has 138 valence electrons. The average molecular weight is 366 g/mol. The van der Waals surface area contributed by atoms with Crippen molar-refractivity contribution in [3.8, 4) is 5.75 Å². The number of amides is 1. The van der Waals surface area contributed by atoms with Crippen LogP contribution in [0.2, 0.25) is 0 Å². The first-order chi connectivity index (χ1) is 12.5. The lowest BCUT2D eigenvalue weighted by Gasteiger charge is -2.18. The molecule has 1 aromatic heterocycles. The van der Waals surface area contributed by atoms with Crippen molar-refractivity contribution in [2.24, 2.45) is 0 Å². The molecule has 2 fully saturated rings. The molecular weight excluding hydrogens is 349 g/mol. The lowest BCUT2D eigenvalue weighted by Crippen LogP contribution is -2.30. The van der Waals surface area contributed by atoms with Crippen molar-refractivity contribution in [1.29, 1.82) is 0 Å². The third kappa shape index (κ3) is 2.81. The van der Waals surface area contributed by atoms with E-state index < -0.39 is 34.7 Å². The number of carbonyl (C=O) groups excluding carboxylic acids is 1. The van der Waals surface area contributed by atoms with E-state index in [0.29, 0.717) is 31.5 Å². The lowest BCUT2D eigenvalue weighted by atomic mass is 10.1. The highest BCUT2D eigenvalue weighted by molar-refractivity contribution is 5.95. The Hall–Kier alpha value is -2.58. The van der Waals surface area contributed by atoms with Gasteiger partial charge in [-0.1, -0.05) is 5.21 Å². The molecule has 1 aromatic carbocycles. The molecule has 1 saturated heterocycles. The van der Waals surface area contributed by atoms with E-state index in [1.807, 2.05) is 6.20 Å². The van der Waals surface area contributed by atoms with Crippen molar-refractivity contribution in [1.82, 2.24) is 19.9 Å². The van der Waals surface area contributed by atoms with E-state index in [1.165, 1.54) is 4.90 Å². The Morgan fingerprint density at radius 3 is 2.69 bits per heavy atom. The van der Waals surface area contributed by atoms with Gasteiger partial charge >= 0.3 is 0 Å². The predicted octanol–water partition coefficient (Wildman–Crippen LogP) is 2.67. The summed E-state index contributed by atoms with van der Waals surface area (Å²) in [5.41, 5.74) is 0.407. The van der Waals surface area contributed by atoms with Crippen molar-refractivity contribution in [3.05, 3.63) is 41.0 Å². The molecule has 1 aliphatic carbocycles. The Morgan fingerprint density at radius 1 is 1.23 bits per heavy atom. The van der Waals surface area contributed by atoms with E-state index >= 15 is 0 Å². The Kier molecular flexibility index (Phi) is 4.08. The second-order valence-corrected chi connectivity index (χ2v) is 6.66. The van der Waals surface area contributed by atoms with Crippen LogP contribution in [0.1, 0.15) is 47.3 Å². The number of hydrogen-bond acceptors (Lipinski definition) is 4. The molecule has 0 bridgehead atoms. The zero-order chi connectivity index (χ0) is 18.4. The number of ether oxygens (including phenoxy) is 1. The molecule has 1 aliphatic heterocycles. The number of likely N-dealkylation sites (tertiary alicyclic amines) is 1. The molecule has 6 nitrogen and oxygen atoms in total. The molecule has 1 amide bonds. The molecular formula is C17H17F3N4O2. The van der Waals surface area contributed by atoms with Crippen LogP contribution < -0.4 is 4.74 Å². The van der Waals surface area contributed by atoms with E-state index in [0.717, 1.165) is 25.6 Å². The smallest absolute Gasteiger partial charge is 0.257 e. The molecule has 0 N–H and O–H groups in total. The van der Waals surface area contributed by atoms with Crippen LogP contribution in [-0.2, 0) is 0 Å². The van der Waals surface area contributed by atoms with Crippen LogP contribution in [-0.4, -0.2) is 46.0 Å². The maximum atomic E-state index is 14.3. The summed E-state index contributed by atoms with van der Waals surface area (Å²) in [6.45, 7) is 0.663. The number of nitrogens with zero attached hydrogens (tertiary/aromatic N) is 4. The number of hydrogen-bond donors (Lipinski definition) is 0. The molecule has 4 rings (SSSR count). The fraction of sp³-hybridized carbons (Fsp3) is 0.471. The fourth-order valence-electron chi connectivity index (χ4n) is 3.26.